The molecule has 1 atom stereocenters. The molecule has 9 heteroatoms. The van der Waals surface area contributed by atoms with Gasteiger partial charge in [-0.1, -0.05) is 63.2 Å². The summed E-state index contributed by atoms with van der Waals surface area (Å²) in [6.45, 7) is 11.2. The van der Waals surface area contributed by atoms with Gasteiger partial charge in [0.05, 0.1) is 17.9 Å². The molecule has 9 nitrogen and oxygen atoms in total. The zero-order valence-electron chi connectivity index (χ0n) is 21.4. The molecule has 2 rings (SSSR count). The third-order valence-electron chi connectivity index (χ3n) is 4.30. The molecule has 0 aliphatic rings. The number of hydrogen-bond donors (Lipinski definition) is 5. The number of hydroxylamine groups is 1. The molecule has 194 valence electrons. The van der Waals surface area contributed by atoms with Crippen LogP contribution in [-0.2, 0) is 25.6 Å². The number of nitrogens with one attached hydrogen (secondary N) is 2. The van der Waals surface area contributed by atoms with E-state index >= 15 is 0 Å². The molecule has 2 aromatic rings. The number of carboxylic acid groups (broad SMARTS) is 1. The van der Waals surface area contributed by atoms with Gasteiger partial charge in [0.1, 0.15) is 0 Å². The maximum absolute atomic E-state index is 12.2. The quantitative estimate of drug-likeness (QED) is 0.296. The Kier molecular flexibility index (Phi) is 13.9. The van der Waals surface area contributed by atoms with E-state index in [2.05, 4.69) is 26.1 Å². The Morgan fingerprint density at radius 2 is 1.49 bits per heavy atom. The third kappa shape index (κ3) is 14.4. The van der Waals surface area contributed by atoms with E-state index in [0.29, 0.717) is 6.42 Å². The van der Waals surface area contributed by atoms with Gasteiger partial charge >= 0.3 is 5.97 Å². The molecule has 0 aliphatic heterocycles. The topological polar surface area (TPSA) is 159 Å². The monoisotopic (exact) mass is 489 g/mol. The molecular weight excluding hydrogens is 450 g/mol. The van der Waals surface area contributed by atoms with Crippen molar-refractivity contribution in [2.75, 3.05) is 6.54 Å². The predicted molar refractivity (Wildman–Crippen MR) is 135 cm³/mol. The molecule has 0 spiro atoms. The normalized spacial score (nSPS) is 11.3. The van der Waals surface area contributed by atoms with Crippen molar-refractivity contribution in [3.63, 3.8) is 0 Å². The van der Waals surface area contributed by atoms with E-state index in [4.69, 9.17) is 16.0 Å². The third-order valence-corrected chi connectivity index (χ3v) is 4.30. The van der Waals surface area contributed by atoms with Crippen molar-refractivity contribution in [1.82, 2.24) is 10.8 Å². The molecule has 1 unspecified atom stereocenters. The summed E-state index contributed by atoms with van der Waals surface area (Å²) in [6, 6.07) is 13.6. The fourth-order valence-electron chi connectivity index (χ4n) is 2.50. The van der Waals surface area contributed by atoms with Crippen molar-refractivity contribution in [2.24, 2.45) is 23.0 Å². The SMILES string of the molecule is CC(C)(C)C(=O)O.CC(C)C.NC(=O)CNC(=O)C(CC(=O)NO)Cc1ccc2ccccc2c1. The van der Waals surface area contributed by atoms with Crippen molar-refractivity contribution < 1.29 is 29.5 Å². The van der Waals surface area contributed by atoms with Crippen molar-refractivity contribution in [1.29, 1.82) is 0 Å². The second-order valence-corrected chi connectivity index (χ2v) is 9.79. The van der Waals surface area contributed by atoms with Crippen molar-refractivity contribution >= 4 is 34.5 Å². The fraction of sp³-hybridized carbons (Fsp3) is 0.462. The van der Waals surface area contributed by atoms with Crippen LogP contribution >= 0.6 is 0 Å². The van der Waals surface area contributed by atoms with Gasteiger partial charge in [0, 0.05) is 6.42 Å². The highest BCUT2D eigenvalue weighted by atomic mass is 16.5. The summed E-state index contributed by atoms with van der Waals surface area (Å²) in [6.07, 6.45) is 0.0940. The van der Waals surface area contributed by atoms with Gasteiger partial charge in [0.25, 0.3) is 0 Å². The first-order valence-corrected chi connectivity index (χ1v) is 11.4. The average molecular weight is 490 g/mol. The van der Waals surface area contributed by atoms with E-state index in [1.54, 1.807) is 20.8 Å². The summed E-state index contributed by atoms with van der Waals surface area (Å²) < 4.78 is 0. The number of aliphatic carboxylic acids is 1. The number of hydrogen-bond acceptors (Lipinski definition) is 5. The lowest BCUT2D eigenvalue weighted by atomic mass is 9.93. The van der Waals surface area contributed by atoms with Crippen molar-refractivity contribution in [3.8, 4) is 0 Å². The maximum Gasteiger partial charge on any atom is 0.308 e. The first-order valence-electron chi connectivity index (χ1n) is 11.4. The van der Waals surface area contributed by atoms with E-state index < -0.39 is 35.0 Å². The molecule has 0 radical (unpaired) electrons. The van der Waals surface area contributed by atoms with Gasteiger partial charge in [-0.05, 0) is 49.4 Å². The summed E-state index contributed by atoms with van der Waals surface area (Å²) in [4.78, 5) is 44.4. The molecule has 2 aromatic carbocycles. The van der Waals surface area contributed by atoms with Crippen LogP contribution in [0.3, 0.4) is 0 Å². The number of carbonyl (C=O) groups is 4. The standard InChI is InChI=1S/C17H19N3O4.C5H10O2.C4H10/c18-15(21)10-19-17(23)14(9-16(22)20-24)8-11-5-6-12-3-1-2-4-13(12)7-11;1-5(2,3)4(6)7;1-4(2)3/h1-7,14,24H,8-10H2,(H2,18,21)(H,19,23)(H,20,22);1-3H3,(H,6,7);4H,1-3H3. The van der Waals surface area contributed by atoms with Crippen LogP contribution in [0.1, 0.15) is 53.5 Å². The van der Waals surface area contributed by atoms with Gasteiger partial charge in [0.2, 0.25) is 17.7 Å². The van der Waals surface area contributed by atoms with Crippen LogP contribution < -0.4 is 16.5 Å². The lowest BCUT2D eigenvalue weighted by Gasteiger charge is -2.16. The van der Waals surface area contributed by atoms with E-state index in [1.807, 2.05) is 42.5 Å². The van der Waals surface area contributed by atoms with Crippen LogP contribution in [0.4, 0.5) is 0 Å². The molecule has 0 saturated heterocycles. The zero-order valence-corrected chi connectivity index (χ0v) is 21.4. The Labute approximate surface area is 207 Å². The molecule has 0 saturated carbocycles. The van der Waals surface area contributed by atoms with Crippen LogP contribution in [0.15, 0.2) is 42.5 Å². The highest BCUT2D eigenvalue weighted by Crippen LogP contribution is 2.19. The molecule has 3 amide bonds. The Bertz CT molecular complexity index is 980. The minimum atomic E-state index is -0.757. The van der Waals surface area contributed by atoms with Crippen molar-refractivity contribution in [3.05, 3.63) is 48.0 Å². The zero-order chi connectivity index (χ0) is 27.2. The number of carboxylic acids is 1. The minimum Gasteiger partial charge on any atom is -0.481 e. The molecule has 0 aromatic heterocycles. The molecule has 0 aliphatic carbocycles. The summed E-state index contributed by atoms with van der Waals surface area (Å²) in [5, 5.41) is 21.4. The van der Waals surface area contributed by atoms with Crippen LogP contribution in [-0.4, -0.2) is 40.5 Å². The number of benzene rings is 2. The van der Waals surface area contributed by atoms with Gasteiger partial charge in [-0.3, -0.25) is 24.4 Å². The van der Waals surface area contributed by atoms with Crippen LogP contribution in [0.5, 0.6) is 0 Å². The number of primary amides is 1. The fourth-order valence-corrected chi connectivity index (χ4v) is 2.50. The van der Waals surface area contributed by atoms with Crippen LogP contribution in [0.2, 0.25) is 0 Å². The Hall–Kier alpha value is -3.46. The lowest BCUT2D eigenvalue weighted by molar-refractivity contribution is -0.145. The second-order valence-electron chi connectivity index (χ2n) is 9.79. The summed E-state index contributed by atoms with van der Waals surface area (Å²) >= 11 is 0. The molecule has 35 heavy (non-hydrogen) atoms. The number of amides is 3. The lowest BCUT2D eigenvalue weighted by Crippen LogP contribution is -2.39. The van der Waals surface area contributed by atoms with Crippen molar-refractivity contribution in [2.45, 2.75) is 54.4 Å². The minimum absolute atomic E-state index is 0.200. The first kappa shape index (κ1) is 31.5. The van der Waals surface area contributed by atoms with Gasteiger partial charge in [-0.2, -0.15) is 0 Å². The molecule has 0 heterocycles. The molecule has 0 fully saturated rings. The molecular formula is C26H39N3O6. The highest BCUT2D eigenvalue weighted by Gasteiger charge is 2.22. The Morgan fingerprint density at radius 1 is 0.971 bits per heavy atom. The number of carbonyl (C=O) groups excluding carboxylic acids is 3. The van der Waals surface area contributed by atoms with E-state index in [9.17, 15) is 19.2 Å². The summed E-state index contributed by atoms with van der Waals surface area (Å²) in [5.74, 6) is -2.45. The number of fused-ring (bicyclic) bond motifs is 1. The van der Waals surface area contributed by atoms with E-state index in [0.717, 1.165) is 22.3 Å². The van der Waals surface area contributed by atoms with E-state index in [1.165, 1.54) is 5.48 Å². The summed E-state index contributed by atoms with van der Waals surface area (Å²) in [5.41, 5.74) is 6.82. The van der Waals surface area contributed by atoms with Crippen LogP contribution in [0, 0.1) is 17.3 Å². The largest absolute Gasteiger partial charge is 0.481 e. The van der Waals surface area contributed by atoms with Gasteiger partial charge in [0.15, 0.2) is 0 Å². The summed E-state index contributed by atoms with van der Waals surface area (Å²) in [7, 11) is 0. The Morgan fingerprint density at radius 3 is 1.94 bits per heavy atom. The van der Waals surface area contributed by atoms with E-state index in [-0.39, 0.29) is 13.0 Å². The average Bonchev–Trinajstić information content (AvgIpc) is 2.76. The van der Waals surface area contributed by atoms with Gasteiger partial charge in [-0.15, -0.1) is 0 Å². The Balaban J connectivity index is 0.000000878. The second kappa shape index (κ2) is 15.4. The maximum atomic E-state index is 12.2. The van der Waals surface area contributed by atoms with Crippen LogP contribution in [0.25, 0.3) is 10.8 Å². The smallest absolute Gasteiger partial charge is 0.308 e. The predicted octanol–water partition coefficient (Wildman–Crippen LogP) is 3.27. The number of rotatable bonds is 7. The number of nitrogens with two attached hydrogens (primary N) is 1. The molecule has 0 bridgehead atoms. The van der Waals surface area contributed by atoms with Gasteiger partial charge in [-0.25, -0.2) is 5.48 Å². The first-order chi connectivity index (χ1) is 16.2. The highest BCUT2D eigenvalue weighted by molar-refractivity contribution is 5.89. The van der Waals surface area contributed by atoms with Gasteiger partial charge < -0.3 is 16.2 Å². The molecule has 6 N–H and O–H groups in total.